The van der Waals surface area contributed by atoms with Crippen LogP contribution < -0.4 is 52.9 Å². The molecular formula is C55H74N10O21S3. The summed E-state index contributed by atoms with van der Waals surface area (Å²) in [5.41, 5.74) is 13.6. The number of aromatic nitrogens is 1. The number of primary amides is 1. The molecule has 89 heavy (non-hydrogen) atoms. The number of aliphatic carboxylic acids is 1. The maximum atomic E-state index is 14.4. The third-order valence-electron chi connectivity index (χ3n) is 13.3. The van der Waals surface area contributed by atoms with Crippen LogP contribution in [0.4, 0.5) is 0 Å². The zero-order valence-electron chi connectivity index (χ0n) is 48.1. The van der Waals surface area contributed by atoms with Crippen molar-refractivity contribution in [2.45, 2.75) is 112 Å². The Bertz CT molecular complexity index is 3160. The molecule has 0 spiro atoms. The van der Waals surface area contributed by atoms with Gasteiger partial charge in [0.05, 0.1) is 32.0 Å². The topological polar surface area (TPSA) is 517 Å². The smallest absolute Gasteiger partial charge is 0.446 e. The van der Waals surface area contributed by atoms with Gasteiger partial charge < -0.3 is 93.2 Å². The van der Waals surface area contributed by atoms with Crippen molar-refractivity contribution in [1.82, 2.24) is 42.2 Å². The fourth-order valence-corrected chi connectivity index (χ4v) is 9.82. The van der Waals surface area contributed by atoms with E-state index in [4.69, 9.17) is 25.9 Å². The number of carboxylic acid groups (broad SMARTS) is 1. The summed E-state index contributed by atoms with van der Waals surface area (Å²) in [6, 6.07) is 9.37. The molecule has 34 heteroatoms. The third kappa shape index (κ3) is 25.2. The highest BCUT2D eigenvalue weighted by Crippen LogP contribution is 2.20. The van der Waals surface area contributed by atoms with E-state index in [1.165, 1.54) is 35.7 Å². The van der Waals surface area contributed by atoms with Crippen LogP contribution in [0, 0.1) is 0 Å². The number of ether oxygens (including phenoxy) is 1. The van der Waals surface area contributed by atoms with Crippen molar-refractivity contribution >= 4 is 104 Å². The van der Waals surface area contributed by atoms with E-state index in [0.29, 0.717) is 22.0 Å². The number of carbonyl (C=O) groups is 10. The van der Waals surface area contributed by atoms with Crippen LogP contribution in [0.25, 0.3) is 10.9 Å². The minimum atomic E-state index is -4.94. The summed E-state index contributed by atoms with van der Waals surface area (Å²) in [6.07, 6.45) is -5.60. The molecule has 11 atom stereocenters. The minimum absolute atomic E-state index is 0.0586. The van der Waals surface area contributed by atoms with Gasteiger partial charge in [-0.25, -0.2) is 0 Å². The van der Waals surface area contributed by atoms with Gasteiger partial charge in [-0.1, -0.05) is 60.7 Å². The zero-order chi connectivity index (χ0) is 66.0. The molecule has 0 saturated heterocycles. The van der Waals surface area contributed by atoms with E-state index in [9.17, 15) is 81.9 Å². The van der Waals surface area contributed by atoms with E-state index in [-0.39, 0.29) is 48.5 Å². The number of aliphatic hydroxyl groups excluding tert-OH is 5. The Labute approximate surface area is 518 Å². The Morgan fingerprint density at radius 3 is 1.70 bits per heavy atom. The van der Waals surface area contributed by atoms with Gasteiger partial charge in [-0.2, -0.15) is 31.9 Å². The number of thioether (sulfide) groups is 2. The Balaban J connectivity index is 1.54. The lowest BCUT2D eigenvalue weighted by molar-refractivity contribution is -0.157. The molecule has 4 aromatic rings. The number of rotatable bonds is 39. The van der Waals surface area contributed by atoms with Gasteiger partial charge in [0.25, 0.3) is 0 Å². The maximum absolute atomic E-state index is 14.4. The molecule has 1 heterocycles. The molecule has 4 rings (SSSR count). The highest BCUT2D eigenvalue weighted by molar-refractivity contribution is 7.98. The number of aliphatic hydroxyl groups is 5. The van der Waals surface area contributed by atoms with E-state index in [0.717, 1.165) is 12.1 Å². The van der Waals surface area contributed by atoms with Gasteiger partial charge in [-0.05, 0) is 71.7 Å². The first-order chi connectivity index (χ1) is 42.1. The normalized spacial score (nSPS) is 15.1. The summed E-state index contributed by atoms with van der Waals surface area (Å²) in [7, 11) is -4.94. The van der Waals surface area contributed by atoms with Crippen molar-refractivity contribution in [1.29, 1.82) is 0 Å². The van der Waals surface area contributed by atoms with Crippen LogP contribution >= 0.6 is 23.5 Å². The quantitative estimate of drug-likeness (QED) is 0.0148. The first-order valence-electron chi connectivity index (χ1n) is 27.3. The average molecular weight is 1310 g/mol. The van der Waals surface area contributed by atoms with Crippen LogP contribution in [0.3, 0.4) is 0 Å². The number of amides is 8. The molecule has 0 saturated carbocycles. The summed E-state index contributed by atoms with van der Waals surface area (Å²) in [6.45, 7) is -2.76. The highest BCUT2D eigenvalue weighted by atomic mass is 32.3. The second-order valence-corrected chi connectivity index (χ2v) is 23.1. The number of carboxylic acids is 1. The summed E-state index contributed by atoms with van der Waals surface area (Å²) in [5.74, 6) is -10.5. The van der Waals surface area contributed by atoms with Crippen molar-refractivity contribution in [2.75, 3.05) is 43.8 Å². The monoisotopic (exact) mass is 1310 g/mol. The van der Waals surface area contributed by atoms with Crippen LogP contribution in [-0.4, -0.2) is 218 Å². The van der Waals surface area contributed by atoms with Crippen molar-refractivity contribution in [3.8, 4) is 5.75 Å². The molecule has 0 aliphatic rings. The summed E-state index contributed by atoms with van der Waals surface area (Å²) < 4.78 is 41.0. The lowest BCUT2D eigenvalue weighted by Crippen LogP contribution is -2.59. The first-order valence-corrected chi connectivity index (χ1v) is 31.5. The van der Waals surface area contributed by atoms with Gasteiger partial charge in [0.1, 0.15) is 73.0 Å². The van der Waals surface area contributed by atoms with Gasteiger partial charge in [0, 0.05) is 36.4 Å². The number of aromatic amines is 1. The second kappa shape index (κ2) is 36.5. The summed E-state index contributed by atoms with van der Waals surface area (Å²) in [4.78, 5) is 138. The fraction of sp³-hybridized carbons (Fsp3) is 0.455. The average Bonchev–Trinajstić information content (AvgIpc) is 2.44. The maximum Gasteiger partial charge on any atom is 0.446 e. The van der Waals surface area contributed by atoms with E-state index in [1.54, 1.807) is 73.3 Å². The van der Waals surface area contributed by atoms with Gasteiger partial charge in [-0.3, -0.25) is 52.5 Å². The molecule has 0 aliphatic carbocycles. The minimum Gasteiger partial charge on any atom is -0.481 e. The lowest BCUT2D eigenvalue weighted by atomic mass is 10.0. The molecule has 31 nitrogen and oxygen atoms in total. The molecule has 488 valence electrons. The number of hydrogen-bond acceptors (Lipinski definition) is 22. The summed E-state index contributed by atoms with van der Waals surface area (Å²) in [5, 5.41) is 76.3. The third-order valence-corrected chi connectivity index (χ3v) is 15.0. The van der Waals surface area contributed by atoms with Gasteiger partial charge >= 0.3 is 22.3 Å². The highest BCUT2D eigenvalue weighted by Gasteiger charge is 2.35. The SMILES string of the molecule is CSCC[C@H](NC(=O)[C@H](Cc1ccc(OS(=O)(=O)O)cc1)NC(=O)[C@@H](N)CC(=O)OC[C@@H](O)[C@@H](O)[C@H](O)[C@@H](O)CO)C(=O)NCC(=O)N[C@@H](Cc1c[nH]c2ccccc12)C(=O)N[C@@H](CCSC)C(=O)N[C@@H](CC(=O)O)C(=O)N[C@@H](Cc1ccccc1)C(N)=O. The van der Waals surface area contributed by atoms with Crippen molar-refractivity contribution in [3.05, 3.63) is 102 Å². The van der Waals surface area contributed by atoms with Crippen LogP contribution in [-0.2, 0) is 82.3 Å². The molecule has 1 aromatic heterocycles. The predicted octanol–water partition coefficient (Wildman–Crippen LogP) is -4.43. The van der Waals surface area contributed by atoms with Crippen LogP contribution in [0.5, 0.6) is 5.75 Å². The van der Waals surface area contributed by atoms with Gasteiger partial charge in [-0.15, -0.1) is 0 Å². The number of H-pyrrole nitrogens is 1. The van der Waals surface area contributed by atoms with Crippen molar-refractivity contribution in [2.24, 2.45) is 11.5 Å². The van der Waals surface area contributed by atoms with Crippen molar-refractivity contribution < 1.29 is 100 Å². The number of hydrogen-bond donors (Lipinski definition) is 17. The molecule has 0 radical (unpaired) electrons. The number of fused-ring (bicyclic) bond motifs is 1. The van der Waals surface area contributed by atoms with E-state index in [2.05, 4.69) is 46.4 Å². The number of para-hydroxylation sites is 1. The first kappa shape index (κ1) is 73.5. The molecule has 3 aromatic carbocycles. The largest absolute Gasteiger partial charge is 0.481 e. The number of nitrogens with two attached hydrogens (primary N) is 2. The number of benzene rings is 3. The van der Waals surface area contributed by atoms with Gasteiger partial charge in [0.2, 0.25) is 47.3 Å². The lowest BCUT2D eigenvalue weighted by Gasteiger charge is -2.26. The standard InChI is InChI=1S/C55H74N10O21S3/c1-87-18-16-36(61-53(79)39(21-30-12-14-32(15-13-30)86-89(82,83)84)64-50(76)34(56)23-46(72)85-28-43(68)48(74)47(73)42(67)27-66)51(77)59-26-44(69)60-40(22-31-25-58-35-11-7-6-10-33(31)35)54(80)62-37(17-19-88-2)52(78)65-41(24-45(70)71)55(81)63-38(49(57)75)20-29-8-4-3-5-9-29/h3-15,25,34,36-43,47-48,58,66-68,73-74H,16-24,26-28,56H2,1-2H3,(H2,57,75)(H,59,77)(H,60,69)(H,61,79)(H,62,80)(H,63,81)(H,64,76)(H,65,78)(H,70,71)(H,82,83,84)/t34-,36-,37-,38-,39-,40-,41-,42-,43+,47+,48+/m0/s1. The number of esters is 1. The molecule has 0 unspecified atom stereocenters. The Hall–Kier alpha value is -7.93. The molecule has 0 bridgehead atoms. The van der Waals surface area contributed by atoms with Gasteiger partial charge in [0.15, 0.2) is 0 Å². The Kier molecular flexibility index (Phi) is 30.2. The van der Waals surface area contributed by atoms with Crippen molar-refractivity contribution in [3.63, 3.8) is 0 Å². The predicted molar refractivity (Wildman–Crippen MR) is 321 cm³/mol. The van der Waals surface area contributed by atoms with E-state index >= 15 is 0 Å². The van der Waals surface area contributed by atoms with E-state index < -0.39 is 175 Å². The number of nitrogens with one attached hydrogen (secondary N) is 8. The molecule has 19 N–H and O–H groups in total. The number of carbonyl (C=O) groups excluding carboxylic acids is 9. The molecule has 8 amide bonds. The fourth-order valence-electron chi connectivity index (χ4n) is 8.52. The molecule has 0 fully saturated rings. The van der Waals surface area contributed by atoms with E-state index in [1.807, 2.05) is 0 Å². The van der Waals surface area contributed by atoms with Crippen LogP contribution in [0.2, 0.25) is 0 Å². The molecular weight excluding hydrogens is 1230 g/mol. The zero-order valence-corrected chi connectivity index (χ0v) is 50.6. The summed E-state index contributed by atoms with van der Waals surface area (Å²) >= 11 is 2.55. The van der Waals surface area contributed by atoms with Crippen LogP contribution in [0.15, 0.2) is 85.1 Å². The van der Waals surface area contributed by atoms with Crippen LogP contribution in [0.1, 0.15) is 42.4 Å². The Morgan fingerprint density at radius 1 is 0.607 bits per heavy atom. The second-order valence-electron chi connectivity index (χ2n) is 20.1. The Morgan fingerprint density at radius 2 is 1.11 bits per heavy atom. The molecule has 0 aliphatic heterocycles.